The molecule has 0 spiro atoms. The van der Waals surface area contributed by atoms with E-state index in [1.54, 1.807) is 11.3 Å². The summed E-state index contributed by atoms with van der Waals surface area (Å²) in [6.45, 7) is 9.08. The Morgan fingerprint density at radius 2 is 1.61 bits per heavy atom. The van der Waals surface area contributed by atoms with E-state index in [0.29, 0.717) is 18.9 Å². The molecule has 0 saturated carbocycles. The summed E-state index contributed by atoms with van der Waals surface area (Å²) in [5, 5.41) is 0.757. The minimum Gasteiger partial charge on any atom is -0.283 e. The first-order valence-electron chi connectivity index (χ1n) is 10.7. The molecular weight excluding hydrogens is 400 g/mol. The highest BCUT2D eigenvalue weighted by atomic mass is 32.1. The Morgan fingerprint density at radius 3 is 2.29 bits per heavy atom. The van der Waals surface area contributed by atoms with E-state index in [2.05, 4.69) is 76.2 Å². The van der Waals surface area contributed by atoms with Crippen LogP contribution < -0.4 is 4.90 Å². The zero-order chi connectivity index (χ0) is 22.0. The van der Waals surface area contributed by atoms with Gasteiger partial charge < -0.3 is 0 Å². The molecule has 0 unspecified atom stereocenters. The van der Waals surface area contributed by atoms with Gasteiger partial charge >= 0.3 is 0 Å². The van der Waals surface area contributed by atoms with Gasteiger partial charge in [0, 0.05) is 0 Å². The quantitative estimate of drug-likeness (QED) is 0.338. The van der Waals surface area contributed by atoms with Crippen LogP contribution in [0.3, 0.4) is 0 Å². The first-order chi connectivity index (χ1) is 14.9. The van der Waals surface area contributed by atoms with E-state index in [9.17, 15) is 4.79 Å². The van der Waals surface area contributed by atoms with Crippen LogP contribution in [0, 0.1) is 13.8 Å². The molecule has 0 aliphatic heterocycles. The van der Waals surface area contributed by atoms with Crippen molar-refractivity contribution in [1.82, 2.24) is 4.98 Å². The van der Waals surface area contributed by atoms with Crippen LogP contribution in [0.5, 0.6) is 0 Å². The number of carbonyl (C=O) groups is 1. The third-order valence-electron chi connectivity index (χ3n) is 5.71. The molecule has 4 heteroatoms. The number of amides is 1. The molecule has 0 aliphatic rings. The average molecular weight is 429 g/mol. The molecule has 0 aliphatic carbocycles. The SMILES string of the molecule is Cc1cc2nc(N(Cc3ccccc3)C(=O)Cc3ccc(C(C)C)cc3)sc2cc1C. The molecule has 0 N–H and O–H groups in total. The van der Waals surface area contributed by atoms with Crippen LogP contribution in [0.15, 0.2) is 66.7 Å². The Labute approximate surface area is 188 Å². The third kappa shape index (κ3) is 4.86. The maximum atomic E-state index is 13.4. The largest absolute Gasteiger partial charge is 0.283 e. The first-order valence-corrected chi connectivity index (χ1v) is 11.5. The van der Waals surface area contributed by atoms with Crippen molar-refractivity contribution in [2.24, 2.45) is 0 Å². The van der Waals surface area contributed by atoms with Crippen molar-refractivity contribution in [3.63, 3.8) is 0 Å². The highest BCUT2D eigenvalue weighted by Crippen LogP contribution is 2.32. The lowest BCUT2D eigenvalue weighted by Crippen LogP contribution is -2.31. The predicted molar refractivity (Wildman–Crippen MR) is 131 cm³/mol. The van der Waals surface area contributed by atoms with Crippen LogP contribution in [-0.2, 0) is 17.8 Å². The van der Waals surface area contributed by atoms with Gasteiger partial charge in [0.1, 0.15) is 0 Å². The van der Waals surface area contributed by atoms with Gasteiger partial charge in [0.05, 0.1) is 23.2 Å². The fourth-order valence-corrected chi connectivity index (χ4v) is 4.66. The second-order valence-corrected chi connectivity index (χ2v) is 9.45. The summed E-state index contributed by atoms with van der Waals surface area (Å²) in [5.74, 6) is 0.544. The molecule has 0 saturated heterocycles. The molecule has 0 fully saturated rings. The van der Waals surface area contributed by atoms with Crippen molar-refractivity contribution in [1.29, 1.82) is 0 Å². The molecule has 158 valence electrons. The Kier molecular flexibility index (Phi) is 6.19. The van der Waals surface area contributed by atoms with E-state index in [-0.39, 0.29) is 5.91 Å². The number of hydrogen-bond donors (Lipinski definition) is 0. The van der Waals surface area contributed by atoms with Gasteiger partial charge in [0.2, 0.25) is 5.91 Å². The number of nitrogens with zero attached hydrogens (tertiary/aromatic N) is 2. The normalized spacial score (nSPS) is 11.3. The van der Waals surface area contributed by atoms with Crippen LogP contribution in [0.25, 0.3) is 10.2 Å². The topological polar surface area (TPSA) is 33.2 Å². The fraction of sp³-hybridized carbons (Fsp3) is 0.259. The zero-order valence-corrected chi connectivity index (χ0v) is 19.4. The van der Waals surface area contributed by atoms with Gasteiger partial charge in [-0.15, -0.1) is 0 Å². The van der Waals surface area contributed by atoms with Gasteiger partial charge in [-0.05, 0) is 59.7 Å². The van der Waals surface area contributed by atoms with Gasteiger partial charge in [-0.2, -0.15) is 0 Å². The number of carbonyl (C=O) groups excluding carboxylic acids is 1. The molecule has 1 heterocycles. The van der Waals surface area contributed by atoms with E-state index in [1.165, 1.54) is 16.7 Å². The Bertz CT molecular complexity index is 1150. The number of aryl methyl sites for hydroxylation is 2. The fourth-order valence-electron chi connectivity index (χ4n) is 3.60. The van der Waals surface area contributed by atoms with Gasteiger partial charge in [-0.1, -0.05) is 79.8 Å². The Balaban J connectivity index is 1.66. The molecule has 31 heavy (non-hydrogen) atoms. The maximum absolute atomic E-state index is 13.4. The summed E-state index contributed by atoms with van der Waals surface area (Å²) < 4.78 is 1.12. The lowest BCUT2D eigenvalue weighted by molar-refractivity contribution is -0.118. The smallest absolute Gasteiger partial charge is 0.233 e. The van der Waals surface area contributed by atoms with Gasteiger partial charge in [-0.25, -0.2) is 4.98 Å². The molecule has 1 aromatic heterocycles. The molecule has 4 aromatic rings. The molecule has 1 amide bonds. The summed E-state index contributed by atoms with van der Waals surface area (Å²) in [4.78, 5) is 20.1. The summed E-state index contributed by atoms with van der Waals surface area (Å²) in [5.41, 5.74) is 6.83. The summed E-state index contributed by atoms with van der Waals surface area (Å²) in [6.07, 6.45) is 0.360. The minimum atomic E-state index is 0.0636. The van der Waals surface area contributed by atoms with Crippen molar-refractivity contribution >= 4 is 32.6 Å². The van der Waals surface area contributed by atoms with E-state index < -0.39 is 0 Å². The van der Waals surface area contributed by atoms with Crippen molar-refractivity contribution in [3.8, 4) is 0 Å². The maximum Gasteiger partial charge on any atom is 0.233 e. The Morgan fingerprint density at radius 1 is 0.935 bits per heavy atom. The van der Waals surface area contributed by atoms with Crippen molar-refractivity contribution in [2.75, 3.05) is 4.90 Å². The number of rotatable bonds is 6. The average Bonchev–Trinajstić information content (AvgIpc) is 3.15. The summed E-state index contributed by atoms with van der Waals surface area (Å²) in [7, 11) is 0. The summed E-state index contributed by atoms with van der Waals surface area (Å²) in [6, 6.07) is 22.8. The second-order valence-electron chi connectivity index (χ2n) is 8.44. The molecular formula is C27H28N2OS. The standard InChI is InChI=1S/C27H28N2OS/c1-18(2)23-12-10-21(11-13-23)16-26(30)29(17-22-8-6-5-7-9-22)27-28-24-14-19(3)20(4)15-25(24)31-27/h5-15,18H,16-17H2,1-4H3. The number of anilines is 1. The molecule has 0 bridgehead atoms. The lowest BCUT2D eigenvalue weighted by Gasteiger charge is -2.20. The highest BCUT2D eigenvalue weighted by Gasteiger charge is 2.21. The highest BCUT2D eigenvalue weighted by molar-refractivity contribution is 7.22. The van der Waals surface area contributed by atoms with E-state index in [4.69, 9.17) is 4.98 Å². The van der Waals surface area contributed by atoms with Crippen molar-refractivity contribution in [2.45, 2.75) is 46.6 Å². The number of thiazole rings is 1. The Hall–Kier alpha value is -2.98. The van der Waals surface area contributed by atoms with Crippen LogP contribution in [-0.4, -0.2) is 10.9 Å². The first kappa shape index (κ1) is 21.3. The van der Waals surface area contributed by atoms with Crippen LogP contribution in [0.4, 0.5) is 5.13 Å². The predicted octanol–water partition coefficient (Wildman–Crippen LogP) is 6.81. The van der Waals surface area contributed by atoms with E-state index >= 15 is 0 Å². The summed E-state index contributed by atoms with van der Waals surface area (Å²) >= 11 is 1.59. The molecule has 3 nitrogen and oxygen atoms in total. The van der Waals surface area contributed by atoms with Crippen molar-refractivity contribution in [3.05, 3.63) is 94.5 Å². The van der Waals surface area contributed by atoms with E-state index in [1.807, 2.05) is 23.1 Å². The van der Waals surface area contributed by atoms with Gasteiger partial charge in [0.15, 0.2) is 5.13 Å². The zero-order valence-electron chi connectivity index (χ0n) is 18.6. The van der Waals surface area contributed by atoms with Crippen LogP contribution in [0.2, 0.25) is 0 Å². The number of fused-ring (bicyclic) bond motifs is 1. The minimum absolute atomic E-state index is 0.0636. The van der Waals surface area contributed by atoms with Crippen molar-refractivity contribution < 1.29 is 4.79 Å². The van der Waals surface area contributed by atoms with Gasteiger partial charge in [-0.3, -0.25) is 9.69 Å². The molecule has 3 aromatic carbocycles. The number of aromatic nitrogens is 1. The second kappa shape index (κ2) is 9.03. The third-order valence-corrected chi connectivity index (χ3v) is 6.75. The van der Waals surface area contributed by atoms with Crippen LogP contribution >= 0.6 is 11.3 Å². The number of benzene rings is 3. The van der Waals surface area contributed by atoms with Crippen LogP contribution in [0.1, 0.15) is 47.6 Å². The lowest BCUT2D eigenvalue weighted by atomic mass is 10.0. The van der Waals surface area contributed by atoms with E-state index in [0.717, 1.165) is 26.5 Å². The molecule has 0 atom stereocenters. The molecule has 0 radical (unpaired) electrons. The monoisotopic (exact) mass is 428 g/mol. The molecule has 4 rings (SSSR count). The van der Waals surface area contributed by atoms with Gasteiger partial charge in [0.25, 0.3) is 0 Å². The number of hydrogen-bond acceptors (Lipinski definition) is 3.